The van der Waals surface area contributed by atoms with E-state index in [1.54, 1.807) is 12.1 Å². The number of sulfonamides is 1. The maximum atomic E-state index is 12.4. The van der Waals surface area contributed by atoms with Gasteiger partial charge >= 0.3 is 0 Å². The number of ether oxygens (including phenoxy) is 2. The van der Waals surface area contributed by atoms with Gasteiger partial charge in [-0.05, 0) is 44.1 Å². The number of carbonyl (C=O) groups excluding carboxylic acids is 1. The highest BCUT2D eigenvalue weighted by atomic mass is 32.2. The Balaban J connectivity index is 1.51. The molecule has 0 radical (unpaired) electrons. The van der Waals surface area contributed by atoms with Crippen molar-refractivity contribution in [3.8, 4) is 0 Å². The molecule has 2 aliphatic rings. The molecule has 2 fully saturated rings. The minimum atomic E-state index is -3.53. The molecule has 2 aliphatic heterocycles. The summed E-state index contributed by atoms with van der Waals surface area (Å²) in [5.41, 5.74) is 0.477. The fourth-order valence-electron chi connectivity index (χ4n) is 3.38. The summed E-state index contributed by atoms with van der Waals surface area (Å²) >= 11 is 0. The van der Waals surface area contributed by atoms with Gasteiger partial charge in [-0.25, -0.2) is 12.7 Å². The molecule has 3 rings (SSSR count). The fourth-order valence-corrected chi connectivity index (χ4v) is 4.33. The van der Waals surface area contributed by atoms with Crippen molar-refractivity contribution in [1.82, 2.24) is 9.21 Å². The molecule has 1 aromatic rings. The third-order valence-electron chi connectivity index (χ3n) is 4.93. The van der Waals surface area contributed by atoms with Crippen LogP contribution in [-0.4, -0.2) is 76.8 Å². The van der Waals surface area contributed by atoms with Crippen molar-refractivity contribution in [2.75, 3.05) is 52.3 Å². The molecule has 8 nitrogen and oxygen atoms in total. The van der Waals surface area contributed by atoms with Crippen molar-refractivity contribution in [3.63, 3.8) is 0 Å². The summed E-state index contributed by atoms with van der Waals surface area (Å²) in [5.74, 6) is 0.237. The van der Waals surface area contributed by atoms with Crippen molar-refractivity contribution in [2.45, 2.75) is 24.0 Å². The second kappa shape index (κ2) is 8.66. The first-order chi connectivity index (χ1) is 12.9. The zero-order chi connectivity index (χ0) is 19.4. The van der Waals surface area contributed by atoms with E-state index in [1.165, 1.54) is 26.2 Å². The molecule has 0 spiro atoms. The number of benzene rings is 1. The zero-order valence-corrected chi connectivity index (χ0v) is 16.6. The molecule has 150 valence electrons. The van der Waals surface area contributed by atoms with E-state index in [4.69, 9.17) is 9.47 Å². The Labute approximate surface area is 160 Å². The highest BCUT2D eigenvalue weighted by Crippen LogP contribution is 2.25. The Bertz CT molecular complexity index is 754. The van der Waals surface area contributed by atoms with E-state index in [2.05, 4.69) is 10.2 Å². The van der Waals surface area contributed by atoms with E-state index >= 15 is 0 Å². The lowest BCUT2D eigenvalue weighted by Crippen LogP contribution is -2.41. The average molecular weight is 397 g/mol. The Morgan fingerprint density at radius 1 is 1.22 bits per heavy atom. The van der Waals surface area contributed by atoms with E-state index in [1.807, 2.05) is 0 Å². The minimum absolute atomic E-state index is 0.0950. The van der Waals surface area contributed by atoms with Crippen LogP contribution in [0.3, 0.4) is 0 Å². The molecule has 0 aliphatic carbocycles. The van der Waals surface area contributed by atoms with Gasteiger partial charge in [0.1, 0.15) is 0 Å². The molecule has 0 aromatic heterocycles. The predicted octanol–water partition coefficient (Wildman–Crippen LogP) is 0.960. The maximum Gasteiger partial charge on any atom is 0.242 e. The number of carbonyl (C=O) groups is 1. The molecule has 1 N–H and O–H groups in total. The summed E-state index contributed by atoms with van der Waals surface area (Å²) in [6.07, 6.45) is 1.78. The monoisotopic (exact) mass is 397 g/mol. The van der Waals surface area contributed by atoms with Crippen LogP contribution in [-0.2, 0) is 24.3 Å². The molecule has 1 amide bonds. The summed E-state index contributed by atoms with van der Waals surface area (Å²) in [5, 5.41) is 2.79. The quantitative estimate of drug-likeness (QED) is 0.769. The minimum Gasteiger partial charge on any atom is -0.350 e. The SMILES string of the molecule is CN(C)S(=O)(=O)c1cccc(NC(=O)CN2CCC(C3OCCO3)CC2)c1. The smallest absolute Gasteiger partial charge is 0.242 e. The Morgan fingerprint density at radius 3 is 2.52 bits per heavy atom. The molecule has 2 saturated heterocycles. The molecule has 0 unspecified atom stereocenters. The van der Waals surface area contributed by atoms with E-state index in [9.17, 15) is 13.2 Å². The van der Waals surface area contributed by atoms with E-state index in [-0.39, 0.29) is 23.6 Å². The van der Waals surface area contributed by atoms with Gasteiger partial charge in [-0.15, -0.1) is 0 Å². The van der Waals surface area contributed by atoms with Gasteiger partial charge in [0.15, 0.2) is 6.29 Å². The number of nitrogens with one attached hydrogen (secondary N) is 1. The van der Waals surface area contributed by atoms with Crippen LogP contribution in [0.1, 0.15) is 12.8 Å². The molecule has 0 saturated carbocycles. The zero-order valence-electron chi connectivity index (χ0n) is 15.8. The van der Waals surface area contributed by atoms with Gasteiger partial charge in [0, 0.05) is 25.7 Å². The van der Waals surface area contributed by atoms with Crippen molar-refractivity contribution in [3.05, 3.63) is 24.3 Å². The van der Waals surface area contributed by atoms with E-state index < -0.39 is 10.0 Å². The van der Waals surface area contributed by atoms with Crippen LogP contribution in [0, 0.1) is 5.92 Å². The third-order valence-corrected chi connectivity index (χ3v) is 6.74. The topological polar surface area (TPSA) is 88.2 Å². The summed E-state index contributed by atoms with van der Waals surface area (Å²) < 4.78 is 36.7. The molecule has 0 bridgehead atoms. The third kappa shape index (κ3) is 5.05. The standard InChI is InChI=1S/C18H27N3O5S/c1-20(2)27(23,24)16-5-3-4-15(12-16)19-17(22)13-21-8-6-14(7-9-21)18-25-10-11-26-18/h3-5,12,14,18H,6-11,13H2,1-2H3,(H,19,22). The normalized spacial score (nSPS) is 20.3. The van der Waals surface area contributed by atoms with Crippen molar-refractivity contribution < 1.29 is 22.7 Å². The van der Waals surface area contributed by atoms with Gasteiger partial charge in [0.2, 0.25) is 15.9 Å². The lowest BCUT2D eigenvalue weighted by molar-refractivity contribution is -0.119. The Hall–Kier alpha value is -1.52. The van der Waals surface area contributed by atoms with Crippen LogP contribution in [0.5, 0.6) is 0 Å². The van der Waals surface area contributed by atoms with Crippen molar-refractivity contribution in [1.29, 1.82) is 0 Å². The fraction of sp³-hybridized carbons (Fsp3) is 0.611. The molecule has 9 heteroatoms. The Morgan fingerprint density at radius 2 is 1.89 bits per heavy atom. The molecule has 27 heavy (non-hydrogen) atoms. The number of amides is 1. The van der Waals surface area contributed by atoms with Crippen molar-refractivity contribution >= 4 is 21.6 Å². The first kappa shape index (κ1) is 20.2. The first-order valence-corrected chi connectivity index (χ1v) is 10.6. The molecule has 0 atom stereocenters. The maximum absolute atomic E-state index is 12.4. The number of hydrogen-bond acceptors (Lipinski definition) is 6. The van der Waals surface area contributed by atoms with Crippen LogP contribution in [0.2, 0.25) is 0 Å². The van der Waals surface area contributed by atoms with Gasteiger partial charge in [-0.2, -0.15) is 0 Å². The van der Waals surface area contributed by atoms with Gasteiger partial charge in [-0.3, -0.25) is 9.69 Å². The highest BCUT2D eigenvalue weighted by molar-refractivity contribution is 7.89. The van der Waals surface area contributed by atoms with Crippen LogP contribution >= 0.6 is 0 Å². The van der Waals surface area contributed by atoms with E-state index in [0.29, 0.717) is 24.8 Å². The summed E-state index contributed by atoms with van der Waals surface area (Å²) in [7, 11) is -0.573. The molecular weight excluding hydrogens is 370 g/mol. The number of likely N-dealkylation sites (tertiary alicyclic amines) is 1. The lowest BCUT2D eigenvalue weighted by atomic mass is 9.96. The summed E-state index contributed by atoms with van der Waals surface area (Å²) in [6.45, 7) is 3.24. The van der Waals surface area contributed by atoms with Gasteiger partial charge in [-0.1, -0.05) is 6.07 Å². The highest BCUT2D eigenvalue weighted by Gasteiger charge is 2.30. The summed E-state index contributed by atoms with van der Waals surface area (Å²) in [6, 6.07) is 6.31. The number of piperidine rings is 1. The van der Waals surface area contributed by atoms with Crippen molar-refractivity contribution in [2.24, 2.45) is 5.92 Å². The number of rotatable bonds is 6. The predicted molar refractivity (Wildman–Crippen MR) is 101 cm³/mol. The van der Waals surface area contributed by atoms with Crippen LogP contribution in [0.15, 0.2) is 29.2 Å². The number of anilines is 1. The molecule has 1 aromatic carbocycles. The second-order valence-corrected chi connectivity index (χ2v) is 9.24. The lowest BCUT2D eigenvalue weighted by Gasteiger charge is -2.33. The number of hydrogen-bond donors (Lipinski definition) is 1. The molecular formula is C18H27N3O5S. The Kier molecular flexibility index (Phi) is 6.48. The first-order valence-electron chi connectivity index (χ1n) is 9.14. The molecule has 2 heterocycles. The summed E-state index contributed by atoms with van der Waals surface area (Å²) in [4.78, 5) is 14.6. The van der Waals surface area contributed by atoms with Crippen LogP contribution < -0.4 is 5.32 Å². The van der Waals surface area contributed by atoms with Gasteiger partial charge in [0.25, 0.3) is 0 Å². The van der Waals surface area contributed by atoms with E-state index in [0.717, 1.165) is 30.2 Å². The average Bonchev–Trinajstić information content (AvgIpc) is 3.17. The number of nitrogens with zero attached hydrogens (tertiary/aromatic N) is 2. The van der Waals surface area contributed by atoms with Gasteiger partial charge in [0.05, 0.1) is 24.7 Å². The van der Waals surface area contributed by atoms with Gasteiger partial charge < -0.3 is 14.8 Å². The second-order valence-electron chi connectivity index (χ2n) is 7.09. The van der Waals surface area contributed by atoms with Crippen LogP contribution in [0.25, 0.3) is 0 Å². The largest absolute Gasteiger partial charge is 0.350 e. The van der Waals surface area contributed by atoms with Crippen LogP contribution in [0.4, 0.5) is 5.69 Å².